The molecule has 0 amide bonds. The number of benzene rings is 2. The van der Waals surface area contributed by atoms with Gasteiger partial charge in [-0.25, -0.2) is 14.2 Å². The van der Waals surface area contributed by atoms with Gasteiger partial charge in [0, 0.05) is 29.1 Å². The average molecular weight is 366 g/mol. The second kappa shape index (κ2) is 7.51. The lowest BCUT2D eigenvalue weighted by Crippen LogP contribution is -2.20. The molecule has 0 saturated heterocycles. The SMILES string of the molecule is O=C(OCc1cc(F)cc2c1OC(c1ccccc1)OC2)c1cnccn1. The molecule has 6 nitrogen and oxygen atoms in total. The first-order chi connectivity index (χ1) is 13.2. The maximum absolute atomic E-state index is 13.9. The van der Waals surface area contributed by atoms with E-state index < -0.39 is 18.1 Å². The number of halogens is 1. The number of esters is 1. The molecule has 136 valence electrons. The molecule has 2 heterocycles. The minimum atomic E-state index is -0.646. The molecule has 1 aliphatic rings. The van der Waals surface area contributed by atoms with Crippen molar-refractivity contribution in [2.24, 2.45) is 0 Å². The van der Waals surface area contributed by atoms with Crippen LogP contribution in [0, 0.1) is 5.82 Å². The first-order valence-electron chi connectivity index (χ1n) is 8.28. The Labute approximate surface area is 154 Å². The van der Waals surface area contributed by atoms with Gasteiger partial charge in [-0.2, -0.15) is 0 Å². The molecule has 7 heteroatoms. The summed E-state index contributed by atoms with van der Waals surface area (Å²) in [7, 11) is 0. The van der Waals surface area contributed by atoms with Gasteiger partial charge in [0.25, 0.3) is 0 Å². The Bertz CT molecular complexity index is 951. The van der Waals surface area contributed by atoms with Gasteiger partial charge in [-0.15, -0.1) is 0 Å². The molecule has 0 fully saturated rings. The second-order valence-corrected chi connectivity index (χ2v) is 5.89. The molecule has 1 aliphatic heterocycles. The number of hydrogen-bond donors (Lipinski definition) is 0. The predicted octanol–water partition coefficient (Wildman–Crippen LogP) is 3.58. The molecule has 2 aromatic carbocycles. The molecule has 27 heavy (non-hydrogen) atoms. The van der Waals surface area contributed by atoms with Gasteiger partial charge in [0.05, 0.1) is 12.8 Å². The maximum atomic E-state index is 13.9. The van der Waals surface area contributed by atoms with Crippen molar-refractivity contribution in [1.82, 2.24) is 9.97 Å². The molecule has 0 saturated carbocycles. The van der Waals surface area contributed by atoms with Crippen LogP contribution in [0.5, 0.6) is 5.75 Å². The quantitative estimate of drug-likeness (QED) is 0.658. The lowest BCUT2D eigenvalue weighted by Gasteiger charge is -2.28. The summed E-state index contributed by atoms with van der Waals surface area (Å²) in [6.45, 7) is 0.0365. The van der Waals surface area contributed by atoms with Gasteiger partial charge in [0.2, 0.25) is 6.29 Å². The minimum Gasteiger partial charge on any atom is -0.460 e. The van der Waals surface area contributed by atoms with E-state index in [1.165, 1.54) is 30.7 Å². The zero-order chi connectivity index (χ0) is 18.6. The van der Waals surface area contributed by atoms with Gasteiger partial charge in [0.1, 0.15) is 18.2 Å². The summed E-state index contributed by atoms with van der Waals surface area (Å²) in [6.07, 6.45) is 3.54. The molecule has 3 aromatic rings. The molecule has 4 rings (SSSR count). The van der Waals surface area contributed by atoms with Crippen LogP contribution in [0.2, 0.25) is 0 Å². The van der Waals surface area contributed by atoms with Crippen LogP contribution in [0.3, 0.4) is 0 Å². The lowest BCUT2D eigenvalue weighted by atomic mass is 10.1. The van der Waals surface area contributed by atoms with Gasteiger partial charge in [0.15, 0.2) is 5.69 Å². The van der Waals surface area contributed by atoms with Crippen molar-refractivity contribution in [1.29, 1.82) is 0 Å². The molecule has 1 aromatic heterocycles. The number of fused-ring (bicyclic) bond motifs is 1. The summed E-state index contributed by atoms with van der Waals surface area (Å²) in [5.74, 6) is -0.638. The summed E-state index contributed by atoms with van der Waals surface area (Å²) in [6, 6.07) is 12.1. The number of rotatable bonds is 4. The van der Waals surface area contributed by atoms with Crippen LogP contribution >= 0.6 is 0 Å². The predicted molar refractivity (Wildman–Crippen MR) is 92.2 cm³/mol. The fourth-order valence-corrected chi connectivity index (χ4v) is 2.78. The van der Waals surface area contributed by atoms with Crippen molar-refractivity contribution in [3.63, 3.8) is 0 Å². The van der Waals surface area contributed by atoms with E-state index in [1.54, 1.807) is 0 Å². The zero-order valence-corrected chi connectivity index (χ0v) is 14.2. The Morgan fingerprint density at radius 2 is 2.07 bits per heavy atom. The molecular weight excluding hydrogens is 351 g/mol. The summed E-state index contributed by atoms with van der Waals surface area (Å²) < 4.78 is 30.8. The number of carbonyl (C=O) groups is 1. The second-order valence-electron chi connectivity index (χ2n) is 5.89. The minimum absolute atomic E-state index is 0.0779. The van der Waals surface area contributed by atoms with Crippen molar-refractivity contribution in [3.8, 4) is 5.75 Å². The number of ether oxygens (including phenoxy) is 3. The van der Waals surface area contributed by atoms with Crippen LogP contribution in [-0.2, 0) is 22.7 Å². The highest BCUT2D eigenvalue weighted by molar-refractivity contribution is 5.86. The fourth-order valence-electron chi connectivity index (χ4n) is 2.78. The van der Waals surface area contributed by atoms with E-state index in [0.717, 1.165) is 5.56 Å². The Balaban J connectivity index is 1.55. The topological polar surface area (TPSA) is 70.5 Å². The molecule has 1 atom stereocenters. The smallest absolute Gasteiger partial charge is 0.358 e. The molecule has 0 spiro atoms. The van der Waals surface area contributed by atoms with Crippen molar-refractivity contribution in [2.75, 3.05) is 0 Å². The standard InChI is InChI=1S/C20H15FN2O4/c21-16-8-14(11-25-19(24)17-10-22-6-7-23-17)18-15(9-16)12-26-20(27-18)13-4-2-1-3-5-13/h1-10,20H,11-12H2. The Morgan fingerprint density at radius 3 is 2.85 bits per heavy atom. The average Bonchev–Trinajstić information content (AvgIpc) is 2.72. The van der Waals surface area contributed by atoms with E-state index >= 15 is 0 Å². The molecular formula is C20H15FN2O4. The van der Waals surface area contributed by atoms with Crippen molar-refractivity contribution >= 4 is 5.97 Å². The first kappa shape index (κ1) is 17.1. The van der Waals surface area contributed by atoms with E-state index in [4.69, 9.17) is 14.2 Å². The Hall–Kier alpha value is -3.32. The van der Waals surface area contributed by atoms with Crippen molar-refractivity contribution in [2.45, 2.75) is 19.5 Å². The molecule has 0 bridgehead atoms. The van der Waals surface area contributed by atoms with Gasteiger partial charge in [-0.3, -0.25) is 4.98 Å². The van der Waals surface area contributed by atoms with E-state index in [0.29, 0.717) is 16.9 Å². The summed E-state index contributed by atoms with van der Waals surface area (Å²) >= 11 is 0. The van der Waals surface area contributed by atoms with Crippen LogP contribution in [0.1, 0.15) is 33.5 Å². The van der Waals surface area contributed by atoms with Crippen molar-refractivity contribution < 1.29 is 23.4 Å². The lowest BCUT2D eigenvalue weighted by molar-refractivity contribution is -0.112. The maximum Gasteiger partial charge on any atom is 0.358 e. The number of aromatic nitrogens is 2. The molecule has 1 unspecified atom stereocenters. The van der Waals surface area contributed by atoms with E-state index in [1.807, 2.05) is 30.3 Å². The van der Waals surface area contributed by atoms with Crippen molar-refractivity contribution in [3.05, 3.63) is 89.3 Å². The monoisotopic (exact) mass is 366 g/mol. The van der Waals surface area contributed by atoms with Crippen LogP contribution in [0.4, 0.5) is 4.39 Å². The fraction of sp³-hybridized carbons (Fsp3) is 0.150. The van der Waals surface area contributed by atoms with Crippen LogP contribution in [0.25, 0.3) is 0 Å². The summed E-state index contributed by atoms with van der Waals surface area (Å²) in [4.78, 5) is 19.8. The van der Waals surface area contributed by atoms with Gasteiger partial charge >= 0.3 is 5.97 Å². The third-order valence-corrected chi connectivity index (χ3v) is 4.03. The third-order valence-electron chi connectivity index (χ3n) is 4.03. The zero-order valence-electron chi connectivity index (χ0n) is 14.2. The number of nitrogens with zero attached hydrogens (tertiary/aromatic N) is 2. The normalized spacial score (nSPS) is 15.5. The molecule has 0 radical (unpaired) electrons. The van der Waals surface area contributed by atoms with Crippen LogP contribution in [-0.4, -0.2) is 15.9 Å². The summed E-state index contributed by atoms with van der Waals surface area (Å²) in [5.41, 5.74) is 1.91. The third kappa shape index (κ3) is 3.78. The van der Waals surface area contributed by atoms with Crippen LogP contribution in [0.15, 0.2) is 61.1 Å². The number of hydrogen-bond acceptors (Lipinski definition) is 6. The highest BCUT2D eigenvalue weighted by atomic mass is 19.1. The van der Waals surface area contributed by atoms with E-state index in [9.17, 15) is 9.18 Å². The highest BCUT2D eigenvalue weighted by Gasteiger charge is 2.25. The van der Waals surface area contributed by atoms with Gasteiger partial charge in [-0.1, -0.05) is 30.3 Å². The number of carbonyl (C=O) groups excluding carboxylic acids is 1. The van der Waals surface area contributed by atoms with Gasteiger partial charge in [-0.05, 0) is 12.1 Å². The highest BCUT2D eigenvalue weighted by Crippen LogP contribution is 2.36. The Morgan fingerprint density at radius 1 is 1.22 bits per heavy atom. The van der Waals surface area contributed by atoms with E-state index in [-0.39, 0.29) is 18.9 Å². The first-order valence-corrected chi connectivity index (χ1v) is 8.28. The van der Waals surface area contributed by atoms with E-state index in [2.05, 4.69) is 9.97 Å². The Kier molecular flexibility index (Phi) is 4.76. The van der Waals surface area contributed by atoms with Gasteiger partial charge < -0.3 is 14.2 Å². The molecule has 0 N–H and O–H groups in total. The summed E-state index contributed by atoms with van der Waals surface area (Å²) in [5, 5.41) is 0. The largest absolute Gasteiger partial charge is 0.460 e. The van der Waals surface area contributed by atoms with Crippen LogP contribution < -0.4 is 4.74 Å². The molecule has 0 aliphatic carbocycles.